The topological polar surface area (TPSA) is 58.6 Å². The molecule has 0 radical (unpaired) electrons. The lowest BCUT2D eigenvalue weighted by molar-refractivity contribution is -0.121. The van der Waals surface area contributed by atoms with Gasteiger partial charge >= 0.3 is 0 Å². The van der Waals surface area contributed by atoms with Gasteiger partial charge in [-0.05, 0) is 51.0 Å². The fraction of sp³-hybridized carbons (Fsp3) is 0.529. The number of carbonyl (C=O) groups excluding carboxylic acids is 2. The summed E-state index contributed by atoms with van der Waals surface area (Å²) in [4.78, 5) is 25.2. The van der Waals surface area contributed by atoms with Crippen LogP contribution in [0.25, 0.3) is 0 Å². The average molecular weight is 304 g/mol. The van der Waals surface area contributed by atoms with Gasteiger partial charge in [-0.3, -0.25) is 9.59 Å². The number of nitrogens with zero attached hydrogens (tertiary/aromatic N) is 1. The molecule has 0 bridgehead atoms. The third-order valence-electron chi connectivity index (χ3n) is 3.41. The molecule has 0 saturated heterocycles. The second-order valence-electron chi connectivity index (χ2n) is 5.92. The molecule has 120 valence electrons. The number of anilines is 1. The van der Waals surface area contributed by atoms with E-state index in [0.29, 0.717) is 19.0 Å². The van der Waals surface area contributed by atoms with Gasteiger partial charge in [-0.2, -0.15) is 0 Å². The van der Waals surface area contributed by atoms with Crippen molar-refractivity contribution in [3.8, 4) is 5.75 Å². The minimum atomic E-state index is -0.0725. The van der Waals surface area contributed by atoms with E-state index in [1.807, 2.05) is 38.1 Å². The third kappa shape index (κ3) is 5.06. The molecule has 0 unspecified atom stereocenters. The van der Waals surface area contributed by atoms with Crippen LogP contribution in [0.2, 0.25) is 0 Å². The van der Waals surface area contributed by atoms with Gasteiger partial charge in [-0.15, -0.1) is 0 Å². The fourth-order valence-corrected chi connectivity index (χ4v) is 2.19. The molecule has 1 fully saturated rings. The van der Waals surface area contributed by atoms with Crippen molar-refractivity contribution in [1.29, 1.82) is 0 Å². The van der Waals surface area contributed by atoms with Crippen LogP contribution >= 0.6 is 0 Å². The molecule has 0 heterocycles. The zero-order valence-electron chi connectivity index (χ0n) is 13.5. The van der Waals surface area contributed by atoms with Gasteiger partial charge in [0.25, 0.3) is 0 Å². The SMILES string of the molecule is CC(=O)N(CCC(=O)NC1CC1)c1ccc(OC(C)C)cc1. The zero-order chi connectivity index (χ0) is 16.1. The van der Waals surface area contributed by atoms with E-state index >= 15 is 0 Å². The van der Waals surface area contributed by atoms with Crippen LogP contribution in [0.15, 0.2) is 24.3 Å². The lowest BCUT2D eigenvalue weighted by Gasteiger charge is -2.21. The molecule has 1 aliphatic carbocycles. The van der Waals surface area contributed by atoms with E-state index in [0.717, 1.165) is 24.3 Å². The highest BCUT2D eigenvalue weighted by Gasteiger charge is 2.23. The van der Waals surface area contributed by atoms with Crippen molar-refractivity contribution in [2.75, 3.05) is 11.4 Å². The number of benzene rings is 1. The molecule has 0 aliphatic heterocycles. The van der Waals surface area contributed by atoms with Gasteiger partial charge < -0.3 is 15.0 Å². The number of hydrogen-bond acceptors (Lipinski definition) is 3. The Kier molecular flexibility index (Phi) is 5.41. The van der Waals surface area contributed by atoms with Crippen LogP contribution < -0.4 is 15.0 Å². The van der Waals surface area contributed by atoms with Crippen molar-refractivity contribution in [1.82, 2.24) is 5.32 Å². The fourth-order valence-electron chi connectivity index (χ4n) is 2.19. The Morgan fingerprint density at radius 2 is 1.91 bits per heavy atom. The van der Waals surface area contributed by atoms with Gasteiger partial charge in [0.15, 0.2) is 0 Å². The van der Waals surface area contributed by atoms with Crippen LogP contribution in [0, 0.1) is 0 Å². The molecule has 22 heavy (non-hydrogen) atoms. The second kappa shape index (κ2) is 7.29. The van der Waals surface area contributed by atoms with E-state index in [2.05, 4.69) is 5.32 Å². The van der Waals surface area contributed by atoms with Crippen LogP contribution in [0.4, 0.5) is 5.69 Å². The predicted octanol–water partition coefficient (Wildman–Crippen LogP) is 2.50. The van der Waals surface area contributed by atoms with Gasteiger partial charge in [-0.1, -0.05) is 0 Å². The zero-order valence-corrected chi connectivity index (χ0v) is 13.5. The van der Waals surface area contributed by atoms with Crippen molar-refractivity contribution >= 4 is 17.5 Å². The summed E-state index contributed by atoms with van der Waals surface area (Å²) in [6.45, 7) is 5.83. The molecular formula is C17H24N2O3. The Morgan fingerprint density at radius 3 is 2.41 bits per heavy atom. The van der Waals surface area contributed by atoms with Crippen molar-refractivity contribution in [3.63, 3.8) is 0 Å². The summed E-state index contributed by atoms with van der Waals surface area (Å²) >= 11 is 0. The first-order valence-electron chi connectivity index (χ1n) is 7.80. The molecule has 1 aliphatic rings. The highest BCUT2D eigenvalue weighted by molar-refractivity contribution is 5.92. The van der Waals surface area contributed by atoms with Gasteiger partial charge in [-0.25, -0.2) is 0 Å². The molecule has 2 rings (SSSR count). The Hall–Kier alpha value is -2.04. The maximum Gasteiger partial charge on any atom is 0.223 e. The van der Waals surface area contributed by atoms with E-state index in [-0.39, 0.29) is 17.9 Å². The molecule has 1 aromatic carbocycles. The first-order valence-corrected chi connectivity index (χ1v) is 7.80. The molecule has 0 spiro atoms. The van der Waals surface area contributed by atoms with Crippen molar-refractivity contribution < 1.29 is 14.3 Å². The maximum absolute atomic E-state index is 11.8. The highest BCUT2D eigenvalue weighted by atomic mass is 16.5. The number of carbonyl (C=O) groups is 2. The molecule has 0 aromatic heterocycles. The van der Waals surface area contributed by atoms with E-state index in [9.17, 15) is 9.59 Å². The van der Waals surface area contributed by atoms with E-state index in [1.54, 1.807) is 4.90 Å². The normalized spacial score (nSPS) is 13.8. The van der Waals surface area contributed by atoms with E-state index in [4.69, 9.17) is 4.74 Å². The van der Waals surface area contributed by atoms with Crippen LogP contribution in [0.3, 0.4) is 0 Å². The van der Waals surface area contributed by atoms with Crippen LogP contribution in [0.1, 0.15) is 40.0 Å². The number of amides is 2. The largest absolute Gasteiger partial charge is 0.491 e. The summed E-state index contributed by atoms with van der Waals surface area (Å²) in [7, 11) is 0. The molecule has 5 heteroatoms. The molecule has 1 saturated carbocycles. The molecule has 5 nitrogen and oxygen atoms in total. The molecular weight excluding hydrogens is 280 g/mol. The van der Waals surface area contributed by atoms with Crippen LogP contribution in [0.5, 0.6) is 5.75 Å². The van der Waals surface area contributed by atoms with E-state index in [1.165, 1.54) is 6.92 Å². The Morgan fingerprint density at radius 1 is 1.27 bits per heavy atom. The van der Waals surface area contributed by atoms with Gasteiger partial charge in [0.05, 0.1) is 6.10 Å². The first-order chi connectivity index (χ1) is 10.5. The summed E-state index contributed by atoms with van der Waals surface area (Å²) < 4.78 is 5.59. The second-order valence-corrected chi connectivity index (χ2v) is 5.92. The maximum atomic E-state index is 11.8. The monoisotopic (exact) mass is 304 g/mol. The molecule has 2 amide bonds. The summed E-state index contributed by atoms with van der Waals surface area (Å²) in [6, 6.07) is 7.73. The van der Waals surface area contributed by atoms with Crippen molar-refractivity contribution in [3.05, 3.63) is 24.3 Å². The summed E-state index contributed by atoms with van der Waals surface area (Å²) in [5.74, 6) is 0.707. The smallest absolute Gasteiger partial charge is 0.223 e. The number of nitrogens with one attached hydrogen (secondary N) is 1. The lowest BCUT2D eigenvalue weighted by atomic mass is 10.2. The number of hydrogen-bond donors (Lipinski definition) is 1. The highest BCUT2D eigenvalue weighted by Crippen LogP contribution is 2.21. The number of rotatable bonds is 7. The van der Waals surface area contributed by atoms with Gasteiger partial charge in [0.1, 0.15) is 5.75 Å². The van der Waals surface area contributed by atoms with E-state index < -0.39 is 0 Å². The quantitative estimate of drug-likeness (QED) is 0.842. The Labute approximate surface area is 131 Å². The molecule has 1 N–H and O–H groups in total. The number of ether oxygens (including phenoxy) is 1. The Bertz CT molecular complexity index is 521. The van der Waals surface area contributed by atoms with Crippen molar-refractivity contribution in [2.24, 2.45) is 0 Å². The first kappa shape index (κ1) is 16.3. The third-order valence-corrected chi connectivity index (χ3v) is 3.41. The minimum absolute atomic E-state index is 0.00788. The van der Waals surface area contributed by atoms with Crippen LogP contribution in [-0.2, 0) is 9.59 Å². The lowest BCUT2D eigenvalue weighted by Crippen LogP contribution is -2.34. The summed E-state index contributed by atoms with van der Waals surface area (Å²) in [5, 5.41) is 2.93. The summed E-state index contributed by atoms with van der Waals surface area (Å²) in [6.07, 6.45) is 2.57. The predicted molar refractivity (Wildman–Crippen MR) is 86.0 cm³/mol. The standard InChI is InChI=1S/C17H24N2O3/c1-12(2)22-16-8-6-15(7-9-16)19(13(3)20)11-10-17(21)18-14-4-5-14/h6-9,12,14H,4-5,10-11H2,1-3H3,(H,18,21). The van der Waals surface area contributed by atoms with Crippen LogP contribution in [-0.4, -0.2) is 30.5 Å². The van der Waals surface area contributed by atoms with Gasteiger partial charge in [0.2, 0.25) is 11.8 Å². The molecule has 1 aromatic rings. The average Bonchev–Trinajstić information content (AvgIpc) is 3.23. The van der Waals surface area contributed by atoms with Crippen molar-refractivity contribution in [2.45, 2.75) is 52.2 Å². The van der Waals surface area contributed by atoms with Gasteiger partial charge in [0, 0.05) is 31.6 Å². The molecule has 0 atom stereocenters. The Balaban J connectivity index is 1.94. The summed E-state index contributed by atoms with van der Waals surface area (Å²) in [5.41, 5.74) is 0.780. The minimum Gasteiger partial charge on any atom is -0.491 e.